The van der Waals surface area contributed by atoms with Crippen LogP contribution in [0.15, 0.2) is 24.3 Å². The zero-order valence-electron chi connectivity index (χ0n) is 12.0. The molecule has 1 aromatic rings. The predicted molar refractivity (Wildman–Crippen MR) is 75.7 cm³/mol. The van der Waals surface area contributed by atoms with Gasteiger partial charge >= 0.3 is 5.97 Å². The summed E-state index contributed by atoms with van der Waals surface area (Å²) in [5, 5.41) is 9.47. The first kappa shape index (κ1) is 13.9. The maximum atomic E-state index is 12.4. The fourth-order valence-corrected chi connectivity index (χ4v) is 3.65. The molecule has 2 unspecified atom stereocenters. The van der Waals surface area contributed by atoms with Crippen molar-refractivity contribution < 1.29 is 19.4 Å². The number of benzene rings is 1. The lowest BCUT2D eigenvalue weighted by molar-refractivity contribution is -0.145. The Morgan fingerprint density at radius 1 is 1.24 bits per heavy atom. The molecule has 0 bridgehead atoms. The molecule has 112 valence electrons. The monoisotopic (exact) mass is 289 g/mol. The number of carbonyl (C=O) groups excluding carboxylic acids is 2. The minimum atomic E-state index is -0.129. The molecule has 5 heteroatoms. The largest absolute Gasteiger partial charge is 0.508 e. The number of rotatable bonds is 2. The van der Waals surface area contributed by atoms with Gasteiger partial charge in [0.05, 0.1) is 13.0 Å². The van der Waals surface area contributed by atoms with E-state index in [1.54, 1.807) is 18.2 Å². The Morgan fingerprint density at radius 3 is 2.48 bits per heavy atom. The minimum absolute atomic E-state index is 0.0111. The van der Waals surface area contributed by atoms with E-state index in [-0.39, 0.29) is 23.5 Å². The van der Waals surface area contributed by atoms with Crippen molar-refractivity contribution >= 4 is 11.9 Å². The van der Waals surface area contributed by atoms with Crippen molar-refractivity contribution in [2.45, 2.75) is 12.8 Å². The van der Waals surface area contributed by atoms with E-state index >= 15 is 0 Å². The number of esters is 1. The number of hydrogen-bond donors (Lipinski definition) is 1. The van der Waals surface area contributed by atoms with Gasteiger partial charge in [0.1, 0.15) is 5.75 Å². The molecule has 2 fully saturated rings. The smallest absolute Gasteiger partial charge is 0.308 e. The third kappa shape index (κ3) is 2.60. The van der Waals surface area contributed by atoms with Crippen LogP contribution in [0.25, 0.3) is 0 Å². The van der Waals surface area contributed by atoms with Crippen LogP contribution in [0.1, 0.15) is 23.2 Å². The van der Waals surface area contributed by atoms with Crippen molar-refractivity contribution in [2.75, 3.05) is 20.2 Å². The molecule has 5 nitrogen and oxygen atoms in total. The van der Waals surface area contributed by atoms with Gasteiger partial charge in [-0.2, -0.15) is 0 Å². The maximum Gasteiger partial charge on any atom is 0.308 e. The second-order valence-corrected chi connectivity index (χ2v) is 5.97. The van der Waals surface area contributed by atoms with Crippen LogP contribution in [-0.2, 0) is 9.53 Å². The summed E-state index contributed by atoms with van der Waals surface area (Å²) in [5.41, 5.74) is 0.513. The standard InChI is InChI=1S/C16H19NO4/c1-21-16(20)11-5-12-8-17(9-13(12)6-11)15(19)10-3-2-4-14(18)7-10/h2-4,7,11-13,18H,5-6,8-9H2,1H3. The van der Waals surface area contributed by atoms with E-state index in [0.29, 0.717) is 30.5 Å². The van der Waals surface area contributed by atoms with Gasteiger partial charge in [-0.25, -0.2) is 0 Å². The average molecular weight is 289 g/mol. The summed E-state index contributed by atoms with van der Waals surface area (Å²) in [4.78, 5) is 25.8. The van der Waals surface area contributed by atoms with E-state index in [9.17, 15) is 14.7 Å². The molecular formula is C16H19NO4. The maximum absolute atomic E-state index is 12.4. The van der Waals surface area contributed by atoms with Gasteiger partial charge < -0.3 is 14.7 Å². The van der Waals surface area contributed by atoms with Crippen LogP contribution in [0.2, 0.25) is 0 Å². The highest BCUT2D eigenvalue weighted by Gasteiger charge is 2.44. The fourth-order valence-electron chi connectivity index (χ4n) is 3.65. The van der Waals surface area contributed by atoms with Crippen LogP contribution < -0.4 is 0 Å². The highest BCUT2D eigenvalue weighted by molar-refractivity contribution is 5.94. The number of amides is 1. The summed E-state index contributed by atoms with van der Waals surface area (Å²) in [6, 6.07) is 6.43. The van der Waals surface area contributed by atoms with E-state index in [1.165, 1.54) is 13.2 Å². The molecular weight excluding hydrogens is 270 g/mol. The Balaban J connectivity index is 1.65. The summed E-state index contributed by atoms with van der Waals surface area (Å²) >= 11 is 0. The molecule has 1 aliphatic heterocycles. The van der Waals surface area contributed by atoms with Gasteiger partial charge in [0.2, 0.25) is 0 Å². The fraction of sp³-hybridized carbons (Fsp3) is 0.500. The van der Waals surface area contributed by atoms with Gasteiger partial charge in [0.15, 0.2) is 0 Å². The summed E-state index contributed by atoms with van der Waals surface area (Å²) in [6.45, 7) is 1.37. The van der Waals surface area contributed by atoms with Gasteiger partial charge in [0, 0.05) is 18.7 Å². The second kappa shape index (κ2) is 5.39. The molecule has 2 atom stereocenters. The van der Waals surface area contributed by atoms with Gasteiger partial charge in [-0.3, -0.25) is 9.59 Å². The summed E-state index contributed by atoms with van der Waals surface area (Å²) in [7, 11) is 1.42. The molecule has 1 aliphatic carbocycles. The number of nitrogens with zero attached hydrogens (tertiary/aromatic N) is 1. The van der Waals surface area contributed by atoms with Crippen LogP contribution in [0.4, 0.5) is 0 Å². The van der Waals surface area contributed by atoms with E-state index in [4.69, 9.17) is 4.74 Å². The Hall–Kier alpha value is -2.04. The van der Waals surface area contributed by atoms with Crippen molar-refractivity contribution in [3.63, 3.8) is 0 Å². The van der Waals surface area contributed by atoms with Crippen molar-refractivity contribution in [2.24, 2.45) is 17.8 Å². The number of fused-ring (bicyclic) bond motifs is 1. The number of phenols is 1. The molecule has 0 radical (unpaired) electrons. The average Bonchev–Trinajstić information content (AvgIpc) is 3.04. The molecule has 1 saturated carbocycles. The van der Waals surface area contributed by atoms with Crippen LogP contribution in [-0.4, -0.2) is 42.1 Å². The van der Waals surface area contributed by atoms with Crippen LogP contribution in [0.3, 0.4) is 0 Å². The van der Waals surface area contributed by atoms with Gasteiger partial charge in [-0.1, -0.05) is 6.07 Å². The second-order valence-electron chi connectivity index (χ2n) is 5.97. The quantitative estimate of drug-likeness (QED) is 0.841. The van der Waals surface area contributed by atoms with Crippen LogP contribution in [0.5, 0.6) is 5.75 Å². The third-order valence-corrected chi connectivity index (χ3v) is 4.67. The lowest BCUT2D eigenvalue weighted by Crippen LogP contribution is -2.30. The molecule has 1 aromatic carbocycles. The van der Waals surface area contributed by atoms with Crippen molar-refractivity contribution in [3.05, 3.63) is 29.8 Å². The highest BCUT2D eigenvalue weighted by atomic mass is 16.5. The van der Waals surface area contributed by atoms with Crippen molar-refractivity contribution in [3.8, 4) is 5.75 Å². The molecule has 1 heterocycles. The predicted octanol–water partition coefficient (Wildman–Crippen LogP) is 1.66. The normalized spacial score (nSPS) is 27.5. The van der Waals surface area contributed by atoms with Gasteiger partial charge in [-0.05, 0) is 42.9 Å². The topological polar surface area (TPSA) is 66.8 Å². The van der Waals surface area contributed by atoms with Crippen molar-refractivity contribution in [1.29, 1.82) is 0 Å². The summed E-state index contributed by atoms with van der Waals surface area (Å²) in [6.07, 6.45) is 1.61. The highest BCUT2D eigenvalue weighted by Crippen LogP contribution is 2.42. The zero-order valence-corrected chi connectivity index (χ0v) is 12.0. The Labute approximate surface area is 123 Å². The number of aromatic hydroxyl groups is 1. The lowest BCUT2D eigenvalue weighted by atomic mass is 10.0. The first-order valence-corrected chi connectivity index (χ1v) is 7.24. The molecule has 1 N–H and O–H groups in total. The summed E-state index contributed by atoms with van der Waals surface area (Å²) in [5.74, 6) is 0.685. The van der Waals surface area contributed by atoms with Crippen molar-refractivity contribution in [1.82, 2.24) is 4.90 Å². The third-order valence-electron chi connectivity index (χ3n) is 4.67. The minimum Gasteiger partial charge on any atom is -0.508 e. The van der Waals surface area contributed by atoms with E-state index in [0.717, 1.165) is 12.8 Å². The Kier molecular flexibility index (Phi) is 3.57. The molecule has 2 aliphatic rings. The SMILES string of the molecule is COC(=O)C1CC2CN(C(=O)c3cccc(O)c3)CC2C1. The molecule has 1 saturated heterocycles. The number of ether oxygens (including phenoxy) is 1. The Morgan fingerprint density at radius 2 is 1.90 bits per heavy atom. The van der Waals surface area contributed by atoms with E-state index in [2.05, 4.69) is 0 Å². The molecule has 21 heavy (non-hydrogen) atoms. The zero-order chi connectivity index (χ0) is 15.0. The number of phenolic OH excluding ortho intramolecular Hbond substituents is 1. The molecule has 0 aromatic heterocycles. The van der Waals surface area contributed by atoms with Crippen LogP contribution in [0, 0.1) is 17.8 Å². The molecule has 1 amide bonds. The van der Waals surface area contributed by atoms with Gasteiger partial charge in [-0.15, -0.1) is 0 Å². The van der Waals surface area contributed by atoms with Crippen LogP contribution >= 0.6 is 0 Å². The first-order valence-electron chi connectivity index (χ1n) is 7.24. The number of carbonyl (C=O) groups is 2. The number of hydrogen-bond acceptors (Lipinski definition) is 4. The van der Waals surface area contributed by atoms with E-state index < -0.39 is 0 Å². The number of likely N-dealkylation sites (tertiary alicyclic amines) is 1. The summed E-state index contributed by atoms with van der Waals surface area (Å²) < 4.78 is 4.81. The molecule has 3 rings (SSSR count). The van der Waals surface area contributed by atoms with E-state index in [1.807, 2.05) is 4.90 Å². The van der Waals surface area contributed by atoms with Gasteiger partial charge in [0.25, 0.3) is 5.91 Å². The molecule has 0 spiro atoms. The first-order chi connectivity index (χ1) is 10.1. The Bertz CT molecular complexity index is 557. The lowest BCUT2D eigenvalue weighted by Gasteiger charge is -2.18. The number of methoxy groups -OCH3 is 1.